The molecule has 0 saturated carbocycles. The summed E-state index contributed by atoms with van der Waals surface area (Å²) >= 11 is 0. The maximum Gasteiger partial charge on any atom is 0.0633 e. The van der Waals surface area contributed by atoms with Gasteiger partial charge in [0, 0.05) is 28.9 Å². The van der Waals surface area contributed by atoms with Crippen LogP contribution in [-0.4, -0.2) is 12.4 Å². The van der Waals surface area contributed by atoms with Crippen LogP contribution in [0.15, 0.2) is 58.5 Å². The van der Waals surface area contributed by atoms with Gasteiger partial charge in [0.1, 0.15) is 0 Å². The molecule has 0 heterocycles. The van der Waals surface area contributed by atoms with Crippen molar-refractivity contribution in [2.24, 2.45) is 9.98 Å². The van der Waals surface area contributed by atoms with Crippen LogP contribution in [0.3, 0.4) is 0 Å². The Morgan fingerprint density at radius 2 is 1.16 bits per heavy atom. The fourth-order valence-electron chi connectivity index (χ4n) is 2.59. The molecular weight excluding hydrogens is 351 g/mol. The summed E-state index contributed by atoms with van der Waals surface area (Å²) in [6.07, 6.45) is 10.7. The van der Waals surface area contributed by atoms with Crippen LogP contribution in [0.4, 0.5) is 11.4 Å². The van der Waals surface area contributed by atoms with Gasteiger partial charge in [-0.25, -0.2) is 0 Å². The first kappa shape index (κ1) is 21.3. The number of hydrogen-bond acceptors (Lipinski definition) is 2. The molecule has 2 rings (SSSR count). The van der Waals surface area contributed by atoms with E-state index in [1.165, 1.54) is 36.8 Å². The van der Waals surface area contributed by atoms with Crippen LogP contribution in [0.1, 0.15) is 50.7 Å². The summed E-state index contributed by atoms with van der Waals surface area (Å²) in [7, 11) is 0. The summed E-state index contributed by atoms with van der Waals surface area (Å²) in [6, 6.07) is 16.9. The number of nitrogens with zero attached hydrogens (tertiary/aromatic N) is 2. The minimum atomic E-state index is 0. The first-order valence-corrected chi connectivity index (χ1v) is 9.06. The third-order valence-electron chi connectivity index (χ3n) is 3.97. The van der Waals surface area contributed by atoms with E-state index in [2.05, 4.69) is 60.2 Å². The first-order valence-electron chi connectivity index (χ1n) is 9.06. The van der Waals surface area contributed by atoms with Crippen LogP contribution in [0.5, 0.6) is 0 Å². The summed E-state index contributed by atoms with van der Waals surface area (Å²) in [5, 5.41) is 0. The van der Waals surface area contributed by atoms with Gasteiger partial charge in [-0.15, -0.1) is 0 Å². The Balaban J connectivity index is 0.00000312. The van der Waals surface area contributed by atoms with Gasteiger partial charge in [-0.05, 0) is 61.1 Å². The molecule has 0 saturated heterocycles. The van der Waals surface area contributed by atoms with Gasteiger partial charge in [0.2, 0.25) is 0 Å². The van der Waals surface area contributed by atoms with Crippen molar-refractivity contribution in [2.75, 3.05) is 0 Å². The van der Waals surface area contributed by atoms with Crippen molar-refractivity contribution >= 4 is 23.8 Å². The number of benzene rings is 2. The second kappa shape index (κ2) is 12.6. The van der Waals surface area contributed by atoms with Crippen LogP contribution in [0.2, 0.25) is 0 Å². The van der Waals surface area contributed by atoms with Crippen molar-refractivity contribution < 1.29 is 16.5 Å². The number of unbranched alkanes of at least 4 members (excludes halogenated alkanes) is 2. The Morgan fingerprint density at radius 1 is 0.720 bits per heavy atom. The molecule has 0 spiro atoms. The zero-order valence-electron chi connectivity index (χ0n) is 15.2. The quantitative estimate of drug-likeness (QED) is 0.352. The third-order valence-corrected chi connectivity index (χ3v) is 3.97. The molecule has 0 aromatic heterocycles. The molecule has 0 aliphatic carbocycles. The smallest absolute Gasteiger partial charge is 0.0633 e. The Labute approximate surface area is 162 Å². The van der Waals surface area contributed by atoms with Crippen molar-refractivity contribution in [1.82, 2.24) is 0 Å². The van der Waals surface area contributed by atoms with E-state index in [9.17, 15) is 0 Å². The molecule has 2 aromatic rings. The molecule has 136 valence electrons. The van der Waals surface area contributed by atoms with Gasteiger partial charge in [0.15, 0.2) is 0 Å². The molecule has 0 unspecified atom stereocenters. The van der Waals surface area contributed by atoms with E-state index >= 15 is 0 Å². The Hall–Kier alpha value is -1.73. The van der Waals surface area contributed by atoms with E-state index in [-0.39, 0.29) is 16.5 Å². The molecule has 0 N–H and O–H groups in total. The SMILES string of the molecule is CCCCc1cccc(N=CC=Nc2cccc(CCCC)c2)c1.[Ni]. The number of aryl methyl sites for hydroxylation is 2. The topological polar surface area (TPSA) is 24.7 Å². The average Bonchev–Trinajstić information content (AvgIpc) is 2.62. The summed E-state index contributed by atoms with van der Waals surface area (Å²) < 4.78 is 0. The largest absolute Gasteiger partial charge is 0.255 e. The van der Waals surface area contributed by atoms with Gasteiger partial charge < -0.3 is 0 Å². The van der Waals surface area contributed by atoms with Gasteiger partial charge in [-0.1, -0.05) is 51.0 Å². The Morgan fingerprint density at radius 3 is 1.56 bits per heavy atom. The molecule has 0 bridgehead atoms. The van der Waals surface area contributed by atoms with Gasteiger partial charge in [-0.2, -0.15) is 0 Å². The number of rotatable bonds is 9. The zero-order valence-corrected chi connectivity index (χ0v) is 16.2. The molecule has 2 nitrogen and oxygen atoms in total. The minimum absolute atomic E-state index is 0. The fraction of sp³-hybridized carbons (Fsp3) is 0.364. The average molecular weight is 379 g/mol. The standard InChI is InChI=1S/C22H28N2.Ni/c1-3-5-9-19-11-7-13-21(17-19)23-15-16-24-22-14-8-12-20(18-22)10-6-4-2;/h7-8,11-18H,3-6,9-10H2,1-2H3;. The van der Waals surface area contributed by atoms with E-state index in [4.69, 9.17) is 0 Å². The van der Waals surface area contributed by atoms with Crippen molar-refractivity contribution in [3.8, 4) is 0 Å². The summed E-state index contributed by atoms with van der Waals surface area (Å²) in [5.74, 6) is 0. The molecule has 25 heavy (non-hydrogen) atoms. The predicted octanol–water partition coefficient (Wildman–Crippen LogP) is 6.47. The first-order chi connectivity index (χ1) is 11.8. The summed E-state index contributed by atoms with van der Waals surface area (Å²) in [5.41, 5.74) is 4.69. The Bertz CT molecular complexity index is 618. The predicted molar refractivity (Wildman–Crippen MR) is 106 cm³/mol. The van der Waals surface area contributed by atoms with Crippen molar-refractivity contribution in [2.45, 2.75) is 52.4 Å². The van der Waals surface area contributed by atoms with Crippen molar-refractivity contribution in [1.29, 1.82) is 0 Å². The summed E-state index contributed by atoms with van der Waals surface area (Å²) in [4.78, 5) is 8.98. The number of aliphatic imine (C=N–C) groups is 2. The molecule has 0 aliphatic heterocycles. The molecule has 0 aliphatic rings. The van der Waals surface area contributed by atoms with Gasteiger partial charge in [0.25, 0.3) is 0 Å². The molecule has 0 radical (unpaired) electrons. The zero-order chi connectivity index (χ0) is 17.0. The molecular formula is C22H28N2Ni. The fourth-order valence-corrected chi connectivity index (χ4v) is 2.59. The Kier molecular flexibility index (Phi) is 10.8. The molecule has 0 fully saturated rings. The molecule has 2 aromatic carbocycles. The monoisotopic (exact) mass is 378 g/mol. The van der Waals surface area contributed by atoms with Gasteiger partial charge in [-0.3, -0.25) is 9.98 Å². The van der Waals surface area contributed by atoms with Crippen LogP contribution in [0, 0.1) is 0 Å². The van der Waals surface area contributed by atoms with Crippen molar-refractivity contribution in [3.63, 3.8) is 0 Å². The van der Waals surface area contributed by atoms with E-state index in [0.29, 0.717) is 0 Å². The maximum atomic E-state index is 4.49. The molecule has 3 heteroatoms. The third kappa shape index (κ3) is 8.27. The molecule has 0 amide bonds. The summed E-state index contributed by atoms with van der Waals surface area (Å²) in [6.45, 7) is 4.44. The molecule has 0 atom stereocenters. The van der Waals surface area contributed by atoms with Crippen LogP contribution in [0.25, 0.3) is 0 Å². The van der Waals surface area contributed by atoms with E-state index < -0.39 is 0 Å². The van der Waals surface area contributed by atoms with E-state index in [0.717, 1.165) is 24.2 Å². The van der Waals surface area contributed by atoms with Gasteiger partial charge in [0.05, 0.1) is 11.4 Å². The normalized spacial score (nSPS) is 11.1. The van der Waals surface area contributed by atoms with Crippen LogP contribution in [-0.2, 0) is 29.3 Å². The van der Waals surface area contributed by atoms with Crippen LogP contribution < -0.4 is 0 Å². The maximum absolute atomic E-state index is 4.49. The van der Waals surface area contributed by atoms with Crippen molar-refractivity contribution in [3.05, 3.63) is 59.7 Å². The second-order valence-corrected chi connectivity index (χ2v) is 6.10. The van der Waals surface area contributed by atoms with Crippen LogP contribution >= 0.6 is 0 Å². The minimum Gasteiger partial charge on any atom is -0.255 e. The number of hydrogen-bond donors (Lipinski definition) is 0. The van der Waals surface area contributed by atoms with Gasteiger partial charge >= 0.3 is 0 Å². The second-order valence-electron chi connectivity index (χ2n) is 6.10. The van der Waals surface area contributed by atoms with E-state index in [1.807, 2.05) is 12.1 Å². The van der Waals surface area contributed by atoms with E-state index in [1.54, 1.807) is 12.4 Å².